The lowest BCUT2D eigenvalue weighted by molar-refractivity contribution is -0.158. The van der Waals surface area contributed by atoms with Gasteiger partial charge in [-0.3, -0.25) is 9.59 Å². The third kappa shape index (κ3) is 9.01. The van der Waals surface area contributed by atoms with Gasteiger partial charge in [0.25, 0.3) is 0 Å². The molecule has 0 radical (unpaired) electrons. The number of carbonyl (C=O) groups is 3. The van der Waals surface area contributed by atoms with Gasteiger partial charge < -0.3 is 20.9 Å². The molecule has 0 aliphatic rings. The Labute approximate surface area is 125 Å². The van der Waals surface area contributed by atoms with Crippen LogP contribution in [0.3, 0.4) is 0 Å². The van der Waals surface area contributed by atoms with E-state index in [0.717, 1.165) is 0 Å². The maximum absolute atomic E-state index is 11.7. The minimum absolute atomic E-state index is 0.00969. The number of nitrogens with two attached hydrogens (primary N) is 1. The van der Waals surface area contributed by atoms with Crippen LogP contribution >= 0.6 is 0 Å². The summed E-state index contributed by atoms with van der Waals surface area (Å²) in [5.74, 6) is -2.35. The van der Waals surface area contributed by atoms with Crippen LogP contribution in [-0.4, -0.2) is 40.6 Å². The molecule has 21 heavy (non-hydrogen) atoms. The van der Waals surface area contributed by atoms with E-state index in [1.54, 1.807) is 20.8 Å². The van der Waals surface area contributed by atoms with Crippen molar-refractivity contribution in [2.75, 3.05) is 0 Å². The molecule has 0 fully saturated rings. The summed E-state index contributed by atoms with van der Waals surface area (Å²) in [6.07, 6.45) is -0.412. The second kappa shape index (κ2) is 7.97. The van der Waals surface area contributed by atoms with Crippen LogP contribution in [0.25, 0.3) is 0 Å². The monoisotopic (exact) mass is 302 g/mol. The van der Waals surface area contributed by atoms with E-state index < -0.39 is 35.9 Å². The predicted molar refractivity (Wildman–Crippen MR) is 77.5 cm³/mol. The van der Waals surface area contributed by atoms with Gasteiger partial charge in [-0.15, -0.1) is 0 Å². The number of nitrogens with one attached hydrogen (secondary N) is 1. The van der Waals surface area contributed by atoms with Crippen molar-refractivity contribution in [2.24, 2.45) is 11.7 Å². The first-order chi connectivity index (χ1) is 9.42. The van der Waals surface area contributed by atoms with Crippen molar-refractivity contribution in [2.45, 2.75) is 65.1 Å². The van der Waals surface area contributed by atoms with E-state index in [4.69, 9.17) is 15.6 Å². The van der Waals surface area contributed by atoms with Crippen LogP contribution in [0, 0.1) is 5.92 Å². The van der Waals surface area contributed by atoms with Crippen LogP contribution in [0.4, 0.5) is 0 Å². The first kappa shape index (κ1) is 19.4. The zero-order valence-corrected chi connectivity index (χ0v) is 13.3. The van der Waals surface area contributed by atoms with E-state index in [9.17, 15) is 14.4 Å². The maximum atomic E-state index is 11.7. The van der Waals surface area contributed by atoms with Crippen LogP contribution in [0.5, 0.6) is 0 Å². The van der Waals surface area contributed by atoms with E-state index in [0.29, 0.717) is 0 Å². The summed E-state index contributed by atoms with van der Waals surface area (Å²) in [5, 5.41) is 11.4. The molecule has 0 heterocycles. The Morgan fingerprint density at radius 3 is 2.10 bits per heavy atom. The number of carboxylic acid groups (broad SMARTS) is 1. The summed E-state index contributed by atoms with van der Waals surface area (Å²) < 4.78 is 5.04. The highest BCUT2D eigenvalue weighted by Crippen LogP contribution is 2.10. The van der Waals surface area contributed by atoms with Gasteiger partial charge in [0.15, 0.2) is 0 Å². The highest BCUT2D eigenvalue weighted by molar-refractivity contribution is 5.87. The topological polar surface area (TPSA) is 119 Å². The van der Waals surface area contributed by atoms with Gasteiger partial charge in [-0.05, 0) is 26.7 Å². The molecule has 0 aliphatic heterocycles. The van der Waals surface area contributed by atoms with Gasteiger partial charge in [0, 0.05) is 12.5 Å². The molecule has 0 saturated carbocycles. The summed E-state index contributed by atoms with van der Waals surface area (Å²) in [6.45, 7) is 8.78. The number of esters is 1. The molecule has 0 spiro atoms. The molecule has 1 amide bonds. The Hall–Kier alpha value is -1.63. The van der Waals surface area contributed by atoms with Gasteiger partial charge in [-0.1, -0.05) is 13.8 Å². The van der Waals surface area contributed by atoms with Crippen molar-refractivity contribution in [3.05, 3.63) is 0 Å². The molecule has 0 rings (SSSR count). The Bertz CT molecular complexity index is 387. The van der Waals surface area contributed by atoms with Crippen LogP contribution < -0.4 is 11.1 Å². The van der Waals surface area contributed by atoms with Gasteiger partial charge in [0.1, 0.15) is 11.6 Å². The molecule has 4 N–H and O–H groups in total. The number of amides is 1. The number of carbonyl (C=O) groups excluding carboxylic acids is 2. The van der Waals surface area contributed by atoms with Crippen molar-refractivity contribution in [3.63, 3.8) is 0 Å². The largest absolute Gasteiger partial charge is 0.480 e. The van der Waals surface area contributed by atoms with E-state index in [1.165, 1.54) is 0 Å². The number of hydrogen-bond acceptors (Lipinski definition) is 5. The van der Waals surface area contributed by atoms with E-state index in [-0.39, 0.29) is 18.4 Å². The molecule has 7 nitrogen and oxygen atoms in total. The van der Waals surface area contributed by atoms with Gasteiger partial charge >= 0.3 is 11.9 Å². The molecular formula is C14H26N2O5. The second-order valence-corrected chi connectivity index (χ2v) is 6.36. The van der Waals surface area contributed by atoms with Gasteiger partial charge in [-0.25, -0.2) is 4.79 Å². The molecule has 7 heteroatoms. The number of carboxylic acids is 1. The molecule has 0 aromatic carbocycles. The molecule has 0 saturated heterocycles. The SMILES string of the molecule is CC(C)C(N)CC(=O)N[C@@H](CC(=O)OC(C)(C)C)C(=O)O. The minimum atomic E-state index is -1.31. The van der Waals surface area contributed by atoms with Gasteiger partial charge in [0.05, 0.1) is 6.42 Å². The molecule has 0 bridgehead atoms. The Kier molecular flexibility index (Phi) is 7.35. The zero-order valence-electron chi connectivity index (χ0n) is 13.3. The summed E-state index contributed by atoms with van der Waals surface area (Å²) in [6, 6.07) is -1.67. The quantitative estimate of drug-likeness (QED) is 0.594. The highest BCUT2D eigenvalue weighted by Gasteiger charge is 2.27. The van der Waals surface area contributed by atoms with Crippen LogP contribution in [-0.2, 0) is 19.1 Å². The predicted octanol–water partition coefficient (Wildman–Crippen LogP) is 0.661. The lowest BCUT2D eigenvalue weighted by Gasteiger charge is -2.22. The normalized spacial score (nSPS) is 14.4. The fourth-order valence-electron chi connectivity index (χ4n) is 1.45. The molecule has 0 aliphatic carbocycles. The number of rotatable bonds is 7. The van der Waals surface area contributed by atoms with Crippen LogP contribution in [0.15, 0.2) is 0 Å². The first-order valence-electron chi connectivity index (χ1n) is 6.92. The lowest BCUT2D eigenvalue weighted by atomic mass is 10.0. The van der Waals surface area contributed by atoms with Crippen molar-refractivity contribution in [1.29, 1.82) is 0 Å². The van der Waals surface area contributed by atoms with Crippen molar-refractivity contribution >= 4 is 17.8 Å². The lowest BCUT2D eigenvalue weighted by Crippen LogP contribution is -2.45. The Morgan fingerprint density at radius 1 is 1.19 bits per heavy atom. The fourth-order valence-corrected chi connectivity index (χ4v) is 1.45. The summed E-state index contributed by atoms with van der Waals surface area (Å²) in [4.78, 5) is 34.5. The van der Waals surface area contributed by atoms with E-state index >= 15 is 0 Å². The molecule has 0 aromatic rings. The van der Waals surface area contributed by atoms with E-state index in [1.807, 2.05) is 13.8 Å². The van der Waals surface area contributed by atoms with Gasteiger partial charge in [-0.2, -0.15) is 0 Å². The maximum Gasteiger partial charge on any atom is 0.326 e. The standard InChI is InChI=1S/C14H26N2O5/c1-8(2)9(15)6-11(17)16-10(13(19)20)7-12(18)21-14(3,4)5/h8-10H,6-7,15H2,1-5H3,(H,16,17)(H,19,20)/t9?,10-/m0/s1. The van der Waals surface area contributed by atoms with Crippen molar-refractivity contribution < 1.29 is 24.2 Å². The summed E-state index contributed by atoms with van der Waals surface area (Å²) >= 11 is 0. The molecule has 122 valence electrons. The number of ether oxygens (including phenoxy) is 1. The first-order valence-corrected chi connectivity index (χ1v) is 6.92. The molecule has 0 aromatic heterocycles. The molecule has 2 atom stereocenters. The summed E-state index contributed by atoms with van der Waals surface area (Å²) in [5.41, 5.74) is 5.05. The minimum Gasteiger partial charge on any atom is -0.480 e. The average molecular weight is 302 g/mol. The molecule has 1 unspecified atom stereocenters. The fraction of sp³-hybridized carbons (Fsp3) is 0.786. The van der Waals surface area contributed by atoms with Crippen molar-refractivity contribution in [3.8, 4) is 0 Å². The number of hydrogen-bond donors (Lipinski definition) is 3. The zero-order chi connectivity index (χ0) is 16.8. The van der Waals surface area contributed by atoms with E-state index in [2.05, 4.69) is 5.32 Å². The van der Waals surface area contributed by atoms with Gasteiger partial charge in [0.2, 0.25) is 5.91 Å². The van der Waals surface area contributed by atoms with Crippen molar-refractivity contribution in [1.82, 2.24) is 5.32 Å². The molecular weight excluding hydrogens is 276 g/mol. The highest BCUT2D eigenvalue weighted by atomic mass is 16.6. The van der Waals surface area contributed by atoms with Crippen LogP contribution in [0.1, 0.15) is 47.5 Å². The Balaban J connectivity index is 4.54. The number of aliphatic carboxylic acids is 1. The Morgan fingerprint density at radius 2 is 1.71 bits per heavy atom. The van der Waals surface area contributed by atoms with Crippen LogP contribution in [0.2, 0.25) is 0 Å². The third-order valence-electron chi connectivity index (χ3n) is 2.70. The second-order valence-electron chi connectivity index (χ2n) is 6.36. The average Bonchev–Trinajstić information content (AvgIpc) is 2.24. The smallest absolute Gasteiger partial charge is 0.326 e. The third-order valence-corrected chi connectivity index (χ3v) is 2.70. The summed E-state index contributed by atoms with van der Waals surface area (Å²) in [7, 11) is 0.